The molecule has 0 aliphatic carbocycles. The summed E-state index contributed by atoms with van der Waals surface area (Å²) in [5.74, 6) is 1.02. The zero-order valence-electron chi connectivity index (χ0n) is 10.5. The van der Waals surface area contributed by atoms with E-state index in [4.69, 9.17) is 4.42 Å². The quantitative estimate of drug-likeness (QED) is 0.750. The van der Waals surface area contributed by atoms with Crippen molar-refractivity contribution >= 4 is 0 Å². The third kappa shape index (κ3) is 3.90. The summed E-state index contributed by atoms with van der Waals surface area (Å²) in [5, 5.41) is 3.54. The van der Waals surface area contributed by atoms with Crippen molar-refractivity contribution in [2.24, 2.45) is 0 Å². The summed E-state index contributed by atoms with van der Waals surface area (Å²) >= 11 is 0. The second-order valence-electron chi connectivity index (χ2n) is 4.37. The first kappa shape index (κ1) is 12.7. The van der Waals surface area contributed by atoms with Gasteiger partial charge >= 0.3 is 0 Å². The van der Waals surface area contributed by atoms with E-state index in [-0.39, 0.29) is 0 Å². The summed E-state index contributed by atoms with van der Waals surface area (Å²) < 4.78 is 5.39. The summed E-state index contributed by atoms with van der Waals surface area (Å²) in [6, 6.07) is 14.7. The number of hydrogen-bond acceptors (Lipinski definition) is 2. The fourth-order valence-corrected chi connectivity index (χ4v) is 1.97. The van der Waals surface area contributed by atoms with Crippen LogP contribution in [0.4, 0.5) is 0 Å². The lowest BCUT2D eigenvalue weighted by atomic mass is 10.1. The minimum absolute atomic E-state index is 0.369. The topological polar surface area (TPSA) is 25.2 Å². The SMILES string of the molecule is C=CCC(Cc1ccco1)NCc1ccccc1. The van der Waals surface area contributed by atoms with Crippen molar-refractivity contribution in [1.82, 2.24) is 5.32 Å². The van der Waals surface area contributed by atoms with Gasteiger partial charge in [-0.1, -0.05) is 36.4 Å². The molecule has 0 saturated heterocycles. The van der Waals surface area contributed by atoms with E-state index in [0.29, 0.717) is 6.04 Å². The van der Waals surface area contributed by atoms with E-state index >= 15 is 0 Å². The summed E-state index contributed by atoms with van der Waals surface area (Å²) in [6.45, 7) is 4.69. The first-order valence-corrected chi connectivity index (χ1v) is 6.29. The van der Waals surface area contributed by atoms with Crippen LogP contribution < -0.4 is 5.32 Å². The van der Waals surface area contributed by atoms with Crippen LogP contribution in [0.1, 0.15) is 17.7 Å². The highest BCUT2D eigenvalue weighted by Gasteiger charge is 2.09. The largest absolute Gasteiger partial charge is 0.469 e. The third-order valence-electron chi connectivity index (χ3n) is 2.92. The molecule has 0 aliphatic rings. The second-order valence-corrected chi connectivity index (χ2v) is 4.37. The van der Waals surface area contributed by atoms with Gasteiger partial charge in [0.15, 0.2) is 0 Å². The molecule has 1 atom stereocenters. The van der Waals surface area contributed by atoms with Gasteiger partial charge in [-0.25, -0.2) is 0 Å². The van der Waals surface area contributed by atoms with Gasteiger partial charge in [0.1, 0.15) is 5.76 Å². The van der Waals surface area contributed by atoms with Gasteiger partial charge in [0, 0.05) is 19.0 Å². The molecule has 1 aromatic carbocycles. The fourth-order valence-electron chi connectivity index (χ4n) is 1.97. The number of furan rings is 1. The smallest absolute Gasteiger partial charge is 0.105 e. The van der Waals surface area contributed by atoms with Crippen molar-refractivity contribution in [3.8, 4) is 0 Å². The highest BCUT2D eigenvalue weighted by molar-refractivity contribution is 5.14. The Morgan fingerprint density at radius 2 is 2.00 bits per heavy atom. The zero-order valence-corrected chi connectivity index (χ0v) is 10.5. The van der Waals surface area contributed by atoms with Crippen LogP contribution >= 0.6 is 0 Å². The minimum Gasteiger partial charge on any atom is -0.469 e. The van der Waals surface area contributed by atoms with Crippen LogP contribution in [0.3, 0.4) is 0 Å². The number of rotatable bonds is 7. The van der Waals surface area contributed by atoms with Crippen molar-refractivity contribution in [2.75, 3.05) is 0 Å². The maximum atomic E-state index is 5.39. The van der Waals surface area contributed by atoms with Crippen molar-refractivity contribution in [1.29, 1.82) is 0 Å². The highest BCUT2D eigenvalue weighted by Crippen LogP contribution is 2.08. The maximum absolute atomic E-state index is 5.39. The van der Waals surface area contributed by atoms with Gasteiger partial charge in [-0.2, -0.15) is 0 Å². The third-order valence-corrected chi connectivity index (χ3v) is 2.92. The molecule has 1 unspecified atom stereocenters. The van der Waals surface area contributed by atoms with Crippen LogP contribution in [-0.4, -0.2) is 6.04 Å². The Kier molecular flexibility index (Phi) is 4.79. The minimum atomic E-state index is 0.369. The normalized spacial score (nSPS) is 12.2. The van der Waals surface area contributed by atoms with Gasteiger partial charge < -0.3 is 9.73 Å². The van der Waals surface area contributed by atoms with E-state index < -0.39 is 0 Å². The predicted molar refractivity (Wildman–Crippen MR) is 74.3 cm³/mol. The van der Waals surface area contributed by atoms with Crippen LogP contribution in [0, 0.1) is 0 Å². The van der Waals surface area contributed by atoms with E-state index in [2.05, 4.69) is 36.2 Å². The van der Waals surface area contributed by atoms with Crippen molar-refractivity contribution in [3.05, 3.63) is 72.7 Å². The molecule has 2 rings (SSSR count). The van der Waals surface area contributed by atoms with Crippen LogP contribution in [-0.2, 0) is 13.0 Å². The molecule has 1 aromatic heterocycles. The molecule has 0 aliphatic heterocycles. The summed E-state index contributed by atoms with van der Waals surface area (Å²) in [6.07, 6.45) is 5.50. The average Bonchev–Trinajstić information content (AvgIpc) is 2.90. The lowest BCUT2D eigenvalue weighted by Crippen LogP contribution is -2.30. The van der Waals surface area contributed by atoms with Crippen molar-refractivity contribution in [3.63, 3.8) is 0 Å². The lowest BCUT2D eigenvalue weighted by Gasteiger charge is -2.16. The van der Waals surface area contributed by atoms with E-state index in [1.54, 1.807) is 6.26 Å². The van der Waals surface area contributed by atoms with Crippen molar-refractivity contribution < 1.29 is 4.42 Å². The highest BCUT2D eigenvalue weighted by atomic mass is 16.3. The van der Waals surface area contributed by atoms with Crippen molar-refractivity contribution in [2.45, 2.75) is 25.4 Å². The Hall–Kier alpha value is -1.80. The fraction of sp³-hybridized carbons (Fsp3) is 0.250. The molecule has 0 saturated carbocycles. The Bertz CT molecular complexity index is 447. The average molecular weight is 241 g/mol. The monoisotopic (exact) mass is 241 g/mol. The van der Waals surface area contributed by atoms with E-state index in [1.165, 1.54) is 5.56 Å². The van der Waals surface area contributed by atoms with Crippen LogP contribution in [0.2, 0.25) is 0 Å². The van der Waals surface area contributed by atoms with Gasteiger partial charge in [-0.15, -0.1) is 6.58 Å². The molecule has 1 heterocycles. The Labute approximate surface area is 108 Å². The Balaban J connectivity index is 1.88. The molecule has 1 N–H and O–H groups in total. The van der Waals surface area contributed by atoms with Crippen LogP contribution in [0.5, 0.6) is 0 Å². The Morgan fingerprint density at radius 3 is 2.67 bits per heavy atom. The molecule has 18 heavy (non-hydrogen) atoms. The van der Waals surface area contributed by atoms with E-state index in [1.807, 2.05) is 24.3 Å². The van der Waals surface area contributed by atoms with Gasteiger partial charge in [-0.3, -0.25) is 0 Å². The van der Waals surface area contributed by atoms with Gasteiger partial charge in [0.2, 0.25) is 0 Å². The number of benzene rings is 1. The van der Waals surface area contributed by atoms with Crippen LogP contribution in [0.25, 0.3) is 0 Å². The van der Waals surface area contributed by atoms with Gasteiger partial charge in [0.25, 0.3) is 0 Å². The summed E-state index contributed by atoms with van der Waals surface area (Å²) in [5.41, 5.74) is 1.30. The standard InChI is InChI=1S/C16H19NO/c1-2-7-15(12-16-10-6-11-18-16)17-13-14-8-4-3-5-9-14/h2-6,8-11,15,17H,1,7,12-13H2. The first-order valence-electron chi connectivity index (χ1n) is 6.29. The van der Waals surface area contributed by atoms with Gasteiger partial charge in [-0.05, 0) is 24.1 Å². The summed E-state index contributed by atoms with van der Waals surface area (Å²) in [4.78, 5) is 0. The zero-order chi connectivity index (χ0) is 12.6. The number of hydrogen-bond donors (Lipinski definition) is 1. The molecular weight excluding hydrogens is 222 g/mol. The predicted octanol–water partition coefficient (Wildman–Crippen LogP) is 3.56. The first-order chi connectivity index (χ1) is 8.88. The van der Waals surface area contributed by atoms with E-state index in [0.717, 1.165) is 25.1 Å². The van der Waals surface area contributed by atoms with Gasteiger partial charge in [0.05, 0.1) is 6.26 Å². The molecule has 0 bridgehead atoms. The molecule has 0 spiro atoms. The molecule has 0 radical (unpaired) electrons. The Morgan fingerprint density at radius 1 is 1.17 bits per heavy atom. The maximum Gasteiger partial charge on any atom is 0.105 e. The molecule has 2 heteroatoms. The molecule has 94 valence electrons. The van der Waals surface area contributed by atoms with Crippen LogP contribution in [0.15, 0.2) is 65.8 Å². The lowest BCUT2D eigenvalue weighted by molar-refractivity contribution is 0.441. The molecule has 0 fully saturated rings. The molecule has 2 aromatic rings. The molecular formula is C16H19NO. The molecule has 0 amide bonds. The van der Waals surface area contributed by atoms with E-state index in [9.17, 15) is 0 Å². The number of nitrogens with one attached hydrogen (secondary N) is 1. The summed E-state index contributed by atoms with van der Waals surface area (Å²) in [7, 11) is 0. The molecule has 2 nitrogen and oxygen atoms in total. The second kappa shape index (κ2) is 6.82.